The van der Waals surface area contributed by atoms with Gasteiger partial charge in [0.2, 0.25) is 0 Å². The van der Waals surface area contributed by atoms with Crippen LogP contribution < -0.4 is 9.47 Å². The highest BCUT2D eigenvalue weighted by Gasteiger charge is 2.16. The Hall–Kier alpha value is -2.98. The largest absolute Gasteiger partial charge is 0.508 e. The number of phenols is 1. The first-order valence-electron chi connectivity index (χ1n) is 11.4. The first-order chi connectivity index (χ1) is 15.5. The van der Waals surface area contributed by atoms with E-state index in [9.17, 15) is 5.11 Å². The fourth-order valence-corrected chi connectivity index (χ4v) is 3.84. The molecule has 3 atom stereocenters. The molecule has 3 aromatic carbocycles. The van der Waals surface area contributed by atoms with Crippen molar-refractivity contribution in [1.82, 2.24) is 0 Å². The van der Waals surface area contributed by atoms with Crippen LogP contribution in [0.2, 0.25) is 0 Å². The van der Waals surface area contributed by atoms with Crippen molar-refractivity contribution in [3.05, 3.63) is 90.0 Å². The molecule has 170 valence electrons. The third-order valence-corrected chi connectivity index (χ3v) is 5.69. The molecule has 0 aliphatic carbocycles. The molecule has 0 aliphatic heterocycles. The van der Waals surface area contributed by atoms with Crippen LogP contribution in [0.1, 0.15) is 56.6 Å². The van der Waals surface area contributed by atoms with Gasteiger partial charge in [0.25, 0.3) is 0 Å². The molecule has 0 aromatic heterocycles. The van der Waals surface area contributed by atoms with Crippen LogP contribution in [0.4, 0.5) is 0 Å². The molecule has 0 saturated carbocycles. The third-order valence-electron chi connectivity index (χ3n) is 5.69. The molecule has 1 N–H and O–H groups in total. The summed E-state index contributed by atoms with van der Waals surface area (Å²) in [6, 6.07) is 25.6. The van der Waals surface area contributed by atoms with E-state index < -0.39 is 0 Å². The second-order valence-corrected chi connectivity index (χ2v) is 8.12. The van der Waals surface area contributed by atoms with E-state index in [-0.39, 0.29) is 6.29 Å². The van der Waals surface area contributed by atoms with Crippen molar-refractivity contribution in [2.24, 2.45) is 0 Å². The number of aromatic hydroxyl groups is 1. The maximum Gasteiger partial charge on any atom is 0.197 e. The first-order valence-corrected chi connectivity index (χ1v) is 11.4. The second kappa shape index (κ2) is 12.2. The second-order valence-electron chi connectivity index (χ2n) is 8.12. The lowest BCUT2D eigenvalue weighted by Crippen LogP contribution is -2.19. The summed E-state index contributed by atoms with van der Waals surface area (Å²) < 4.78 is 17.2. The van der Waals surface area contributed by atoms with Gasteiger partial charge >= 0.3 is 0 Å². The van der Waals surface area contributed by atoms with Crippen molar-refractivity contribution < 1.29 is 19.3 Å². The van der Waals surface area contributed by atoms with Gasteiger partial charge in [-0.25, -0.2) is 0 Å². The number of ether oxygens (including phenoxy) is 3. The number of hydrogen-bond acceptors (Lipinski definition) is 4. The monoisotopic (exact) mass is 434 g/mol. The molecule has 0 amide bonds. The predicted octanol–water partition coefficient (Wildman–Crippen LogP) is 6.90. The summed E-state index contributed by atoms with van der Waals surface area (Å²) >= 11 is 0. The quantitative estimate of drug-likeness (QED) is 0.249. The average molecular weight is 435 g/mol. The van der Waals surface area contributed by atoms with Crippen LogP contribution in [0.5, 0.6) is 17.2 Å². The fourth-order valence-electron chi connectivity index (χ4n) is 3.84. The van der Waals surface area contributed by atoms with Crippen LogP contribution in [-0.2, 0) is 4.74 Å². The highest BCUT2D eigenvalue weighted by molar-refractivity contribution is 5.31. The van der Waals surface area contributed by atoms with Gasteiger partial charge in [-0.1, -0.05) is 56.3 Å². The molecule has 0 spiro atoms. The van der Waals surface area contributed by atoms with Gasteiger partial charge in [0, 0.05) is 0 Å². The Morgan fingerprint density at radius 3 is 2.06 bits per heavy atom. The highest BCUT2D eigenvalue weighted by atomic mass is 16.7. The molecule has 0 radical (unpaired) electrons. The van der Waals surface area contributed by atoms with Crippen molar-refractivity contribution in [3.63, 3.8) is 0 Å². The topological polar surface area (TPSA) is 47.9 Å². The maximum absolute atomic E-state index is 9.51. The molecular weight excluding hydrogens is 400 g/mol. The van der Waals surface area contributed by atoms with E-state index in [1.54, 1.807) is 12.1 Å². The Morgan fingerprint density at radius 2 is 1.41 bits per heavy atom. The van der Waals surface area contributed by atoms with Gasteiger partial charge in [-0.05, 0) is 79.1 Å². The summed E-state index contributed by atoms with van der Waals surface area (Å²) in [5.41, 5.74) is 2.57. The summed E-state index contributed by atoms with van der Waals surface area (Å²) in [6.45, 7) is 7.30. The Bertz CT molecular complexity index is 906. The van der Waals surface area contributed by atoms with Crippen LogP contribution in [0.25, 0.3) is 0 Å². The van der Waals surface area contributed by atoms with Gasteiger partial charge < -0.3 is 19.3 Å². The zero-order valence-corrected chi connectivity index (χ0v) is 19.2. The highest BCUT2D eigenvalue weighted by Crippen LogP contribution is 2.33. The van der Waals surface area contributed by atoms with E-state index in [1.807, 2.05) is 61.5 Å². The van der Waals surface area contributed by atoms with Crippen molar-refractivity contribution >= 4 is 0 Å². The van der Waals surface area contributed by atoms with Crippen LogP contribution in [-0.4, -0.2) is 24.6 Å². The third kappa shape index (κ3) is 7.31. The summed E-state index contributed by atoms with van der Waals surface area (Å²) in [4.78, 5) is 0. The van der Waals surface area contributed by atoms with E-state index >= 15 is 0 Å². The molecule has 0 fully saturated rings. The fraction of sp³-hybridized carbons (Fsp3) is 0.357. The van der Waals surface area contributed by atoms with E-state index in [2.05, 4.69) is 26.0 Å². The molecule has 4 nitrogen and oxygen atoms in total. The molecule has 3 unspecified atom stereocenters. The van der Waals surface area contributed by atoms with E-state index in [0.717, 1.165) is 24.3 Å². The standard InChI is InChI=1S/C28H34O4/c1-4-23(20-21(2)24-10-14-26(29)15-11-24)25-12-16-28(17-13-25)32-22(3)30-18-19-31-27-8-6-5-7-9-27/h5-17,21-23,29H,4,18-20H2,1-3H3. The maximum atomic E-state index is 9.51. The molecule has 4 heteroatoms. The van der Waals surface area contributed by atoms with Gasteiger partial charge in [-0.3, -0.25) is 0 Å². The van der Waals surface area contributed by atoms with E-state index in [0.29, 0.717) is 30.8 Å². The zero-order chi connectivity index (χ0) is 22.8. The predicted molar refractivity (Wildman–Crippen MR) is 129 cm³/mol. The van der Waals surface area contributed by atoms with Gasteiger partial charge in [0.15, 0.2) is 6.29 Å². The Balaban J connectivity index is 1.45. The average Bonchev–Trinajstić information content (AvgIpc) is 2.82. The van der Waals surface area contributed by atoms with Crippen molar-refractivity contribution in [1.29, 1.82) is 0 Å². The van der Waals surface area contributed by atoms with Crippen molar-refractivity contribution in [3.8, 4) is 17.2 Å². The molecule has 3 aromatic rings. The minimum atomic E-state index is -0.350. The zero-order valence-electron chi connectivity index (χ0n) is 19.2. The summed E-state index contributed by atoms with van der Waals surface area (Å²) in [7, 11) is 0. The van der Waals surface area contributed by atoms with Gasteiger partial charge in [-0.15, -0.1) is 0 Å². The van der Waals surface area contributed by atoms with Crippen LogP contribution >= 0.6 is 0 Å². The van der Waals surface area contributed by atoms with E-state index in [4.69, 9.17) is 14.2 Å². The van der Waals surface area contributed by atoms with Crippen LogP contribution in [0, 0.1) is 0 Å². The molecule has 0 aliphatic rings. The number of benzene rings is 3. The Labute approximate surface area is 191 Å². The lowest BCUT2D eigenvalue weighted by molar-refractivity contribution is -0.0739. The lowest BCUT2D eigenvalue weighted by atomic mass is 9.84. The normalized spacial score (nSPS) is 13.8. The minimum Gasteiger partial charge on any atom is -0.508 e. The summed E-state index contributed by atoms with van der Waals surface area (Å²) in [5, 5.41) is 9.51. The summed E-state index contributed by atoms with van der Waals surface area (Å²) in [5.74, 6) is 2.84. The van der Waals surface area contributed by atoms with Crippen LogP contribution in [0.15, 0.2) is 78.9 Å². The van der Waals surface area contributed by atoms with Crippen LogP contribution in [0.3, 0.4) is 0 Å². The Kier molecular flexibility index (Phi) is 9.00. The number of para-hydroxylation sites is 1. The van der Waals surface area contributed by atoms with E-state index in [1.165, 1.54) is 11.1 Å². The van der Waals surface area contributed by atoms with Gasteiger partial charge in [0.05, 0.1) is 6.61 Å². The first kappa shape index (κ1) is 23.7. The number of hydrogen-bond donors (Lipinski definition) is 1. The smallest absolute Gasteiger partial charge is 0.197 e. The van der Waals surface area contributed by atoms with Gasteiger partial charge in [-0.2, -0.15) is 0 Å². The minimum absolute atomic E-state index is 0.311. The number of rotatable bonds is 12. The molecular formula is C28H34O4. The molecule has 3 rings (SSSR count). The van der Waals surface area contributed by atoms with Crippen molar-refractivity contribution in [2.75, 3.05) is 13.2 Å². The van der Waals surface area contributed by atoms with Crippen molar-refractivity contribution in [2.45, 2.75) is 51.7 Å². The molecule has 0 heterocycles. The summed E-state index contributed by atoms with van der Waals surface area (Å²) in [6.07, 6.45) is 1.78. The lowest BCUT2D eigenvalue weighted by Gasteiger charge is -2.21. The number of phenolic OH excluding ortho intramolecular Hbond substituents is 1. The molecule has 32 heavy (non-hydrogen) atoms. The Morgan fingerprint density at radius 1 is 0.750 bits per heavy atom. The SMILES string of the molecule is CCC(CC(C)c1ccc(O)cc1)c1ccc(OC(C)OCCOc2ccccc2)cc1. The molecule has 0 bridgehead atoms. The van der Waals surface area contributed by atoms with Gasteiger partial charge in [0.1, 0.15) is 23.9 Å². The molecule has 0 saturated heterocycles.